The second-order valence-corrected chi connectivity index (χ2v) is 5.47. The normalized spacial score (nSPS) is 12.8. The first kappa shape index (κ1) is 16.4. The summed E-state index contributed by atoms with van der Waals surface area (Å²) in [7, 11) is 1.31. The van der Waals surface area contributed by atoms with Gasteiger partial charge < -0.3 is 19.9 Å². The van der Waals surface area contributed by atoms with E-state index in [1.54, 1.807) is 12.1 Å². The molecule has 0 saturated heterocycles. The fourth-order valence-corrected chi connectivity index (χ4v) is 1.37. The molecule has 20 heavy (non-hydrogen) atoms. The Morgan fingerprint density at radius 3 is 2.65 bits per heavy atom. The van der Waals surface area contributed by atoms with Crippen LogP contribution in [0.4, 0.5) is 0 Å². The Labute approximate surface area is 119 Å². The fraction of sp³-hybridized carbons (Fsp3) is 0.571. The second kappa shape index (κ2) is 7.21. The Morgan fingerprint density at radius 2 is 2.15 bits per heavy atom. The van der Waals surface area contributed by atoms with Crippen molar-refractivity contribution in [2.45, 2.75) is 32.4 Å². The quantitative estimate of drug-likeness (QED) is 0.758. The number of aliphatic hydroxyl groups is 1. The summed E-state index contributed by atoms with van der Waals surface area (Å²) in [5, 5.41) is 12.9. The Hall–Kier alpha value is -1.66. The van der Waals surface area contributed by atoms with Crippen LogP contribution in [0.3, 0.4) is 0 Å². The number of nitrogens with one attached hydrogen (secondary N) is 1. The second-order valence-electron chi connectivity index (χ2n) is 5.47. The summed E-state index contributed by atoms with van der Waals surface area (Å²) in [6.45, 7) is 6.63. The predicted octanol–water partition coefficient (Wildman–Crippen LogP) is 0.996. The molecule has 1 atom stereocenters. The van der Waals surface area contributed by atoms with Gasteiger partial charge in [0.25, 0.3) is 0 Å². The predicted molar refractivity (Wildman–Crippen MR) is 74.8 cm³/mol. The third-order valence-corrected chi connectivity index (χ3v) is 2.45. The van der Waals surface area contributed by atoms with Crippen molar-refractivity contribution in [2.24, 2.45) is 0 Å². The zero-order valence-corrected chi connectivity index (χ0v) is 12.3. The highest BCUT2D eigenvalue weighted by Gasteiger charge is 2.13. The summed E-state index contributed by atoms with van der Waals surface area (Å²) >= 11 is 0. The lowest BCUT2D eigenvalue weighted by Crippen LogP contribution is -2.42. The summed E-state index contributed by atoms with van der Waals surface area (Å²) in [5.74, 6) is -0.0917. The van der Waals surface area contributed by atoms with Crippen LogP contribution in [-0.2, 0) is 4.74 Å². The number of nitrogens with zero attached hydrogens (tertiary/aromatic N) is 1. The van der Waals surface area contributed by atoms with Crippen molar-refractivity contribution in [3.8, 4) is 5.88 Å². The molecule has 0 aliphatic heterocycles. The molecule has 0 aliphatic rings. The maximum Gasteiger partial charge on any atom is 0.339 e. The van der Waals surface area contributed by atoms with Crippen LogP contribution in [0.15, 0.2) is 18.3 Å². The van der Waals surface area contributed by atoms with Crippen LogP contribution in [0.1, 0.15) is 31.1 Å². The number of hydrogen-bond acceptors (Lipinski definition) is 6. The molecule has 0 amide bonds. The number of hydrogen-bond donors (Lipinski definition) is 2. The van der Waals surface area contributed by atoms with Crippen LogP contribution in [0, 0.1) is 0 Å². The van der Waals surface area contributed by atoms with Crippen molar-refractivity contribution in [1.29, 1.82) is 0 Å². The number of carbonyl (C=O) groups is 1. The van der Waals surface area contributed by atoms with Crippen molar-refractivity contribution in [3.63, 3.8) is 0 Å². The third-order valence-electron chi connectivity index (χ3n) is 2.45. The van der Waals surface area contributed by atoms with Gasteiger partial charge in [0, 0.05) is 24.3 Å². The van der Waals surface area contributed by atoms with E-state index in [0.717, 1.165) is 0 Å². The lowest BCUT2D eigenvalue weighted by atomic mass is 10.1. The van der Waals surface area contributed by atoms with Gasteiger partial charge in [0.1, 0.15) is 12.7 Å². The summed E-state index contributed by atoms with van der Waals surface area (Å²) in [6.07, 6.45) is 0.748. The van der Waals surface area contributed by atoms with Gasteiger partial charge in [-0.3, -0.25) is 0 Å². The minimum Gasteiger partial charge on any atom is -0.475 e. The number of pyridine rings is 1. The molecule has 6 heteroatoms. The summed E-state index contributed by atoms with van der Waals surface area (Å²) in [5.41, 5.74) is 0.302. The minimum absolute atomic E-state index is 0.0542. The maximum absolute atomic E-state index is 11.2. The van der Waals surface area contributed by atoms with Crippen molar-refractivity contribution in [3.05, 3.63) is 23.9 Å². The van der Waals surface area contributed by atoms with E-state index < -0.39 is 12.1 Å². The van der Waals surface area contributed by atoms with Crippen molar-refractivity contribution in [2.75, 3.05) is 20.3 Å². The first-order valence-corrected chi connectivity index (χ1v) is 6.42. The number of ether oxygens (including phenoxy) is 2. The number of methoxy groups -OCH3 is 1. The Morgan fingerprint density at radius 1 is 1.45 bits per heavy atom. The Kier molecular flexibility index (Phi) is 5.91. The largest absolute Gasteiger partial charge is 0.475 e. The van der Waals surface area contributed by atoms with Crippen LogP contribution >= 0.6 is 0 Å². The van der Waals surface area contributed by atoms with E-state index in [4.69, 9.17) is 4.74 Å². The lowest BCUT2D eigenvalue weighted by Gasteiger charge is -2.22. The van der Waals surface area contributed by atoms with Crippen molar-refractivity contribution >= 4 is 5.97 Å². The molecule has 1 aromatic rings. The number of aromatic nitrogens is 1. The Balaban J connectivity index is 2.40. The number of β-amino-alcohol motifs (C(OH)–C–C–N with tert-alkyl or cyclic N) is 1. The van der Waals surface area contributed by atoms with Gasteiger partial charge in [0.2, 0.25) is 5.88 Å². The lowest BCUT2D eigenvalue weighted by molar-refractivity contribution is 0.0599. The van der Waals surface area contributed by atoms with Gasteiger partial charge in [-0.1, -0.05) is 0 Å². The van der Waals surface area contributed by atoms with E-state index in [9.17, 15) is 9.90 Å². The molecule has 112 valence electrons. The van der Waals surface area contributed by atoms with E-state index >= 15 is 0 Å². The fourth-order valence-electron chi connectivity index (χ4n) is 1.37. The van der Waals surface area contributed by atoms with Gasteiger partial charge >= 0.3 is 5.97 Å². The summed E-state index contributed by atoms with van der Waals surface area (Å²) in [6, 6.07) is 3.13. The van der Waals surface area contributed by atoms with Gasteiger partial charge in [-0.05, 0) is 26.8 Å². The number of aliphatic hydroxyl groups excluding tert-OH is 1. The zero-order chi connectivity index (χ0) is 15.2. The molecular formula is C14H22N2O4. The minimum atomic E-state index is -0.628. The van der Waals surface area contributed by atoms with E-state index in [1.807, 2.05) is 20.8 Å². The molecular weight excluding hydrogens is 260 g/mol. The molecule has 0 radical (unpaired) electrons. The molecule has 1 aromatic heterocycles. The average Bonchev–Trinajstić information content (AvgIpc) is 2.41. The smallest absolute Gasteiger partial charge is 0.339 e. The van der Waals surface area contributed by atoms with E-state index in [0.29, 0.717) is 18.0 Å². The zero-order valence-electron chi connectivity index (χ0n) is 12.3. The third kappa shape index (κ3) is 5.99. The first-order chi connectivity index (χ1) is 9.31. The molecule has 0 aliphatic carbocycles. The average molecular weight is 282 g/mol. The van der Waals surface area contributed by atoms with E-state index in [-0.39, 0.29) is 12.1 Å². The maximum atomic E-state index is 11.2. The molecule has 2 N–H and O–H groups in total. The highest BCUT2D eigenvalue weighted by atomic mass is 16.5. The summed E-state index contributed by atoms with van der Waals surface area (Å²) in [4.78, 5) is 15.2. The van der Waals surface area contributed by atoms with Crippen LogP contribution < -0.4 is 10.1 Å². The topological polar surface area (TPSA) is 80.7 Å². The van der Waals surface area contributed by atoms with Crippen LogP contribution in [0.25, 0.3) is 0 Å². The Bertz CT molecular complexity index is 426. The first-order valence-electron chi connectivity index (χ1n) is 6.42. The van der Waals surface area contributed by atoms with Crippen LogP contribution in [0.2, 0.25) is 0 Å². The SMILES string of the molecule is COC(=O)c1ccc(OCC(O)CNC(C)(C)C)nc1. The molecule has 0 bridgehead atoms. The molecule has 0 spiro atoms. The van der Waals surface area contributed by atoms with Gasteiger partial charge in [-0.25, -0.2) is 9.78 Å². The van der Waals surface area contributed by atoms with Gasteiger partial charge in [-0.15, -0.1) is 0 Å². The molecule has 0 aromatic carbocycles. The van der Waals surface area contributed by atoms with Gasteiger partial charge in [0.05, 0.1) is 12.7 Å². The van der Waals surface area contributed by atoms with E-state index in [2.05, 4.69) is 15.0 Å². The van der Waals surface area contributed by atoms with Gasteiger partial charge in [0.15, 0.2) is 0 Å². The van der Waals surface area contributed by atoms with Gasteiger partial charge in [-0.2, -0.15) is 0 Å². The molecule has 1 unspecified atom stereocenters. The molecule has 0 saturated carbocycles. The van der Waals surface area contributed by atoms with Crippen molar-refractivity contribution in [1.82, 2.24) is 10.3 Å². The number of carbonyl (C=O) groups excluding carboxylic acids is 1. The molecule has 6 nitrogen and oxygen atoms in total. The van der Waals surface area contributed by atoms with E-state index in [1.165, 1.54) is 13.3 Å². The van der Waals surface area contributed by atoms with Crippen LogP contribution in [-0.4, -0.2) is 48.0 Å². The summed E-state index contributed by atoms with van der Waals surface area (Å²) < 4.78 is 9.92. The molecule has 1 rings (SSSR count). The van der Waals surface area contributed by atoms with Crippen LogP contribution in [0.5, 0.6) is 5.88 Å². The highest BCUT2D eigenvalue weighted by Crippen LogP contribution is 2.09. The van der Waals surface area contributed by atoms with Crippen molar-refractivity contribution < 1.29 is 19.4 Å². The molecule has 1 heterocycles. The standard InChI is InChI=1S/C14H22N2O4/c1-14(2,3)16-8-11(17)9-20-12-6-5-10(7-15-12)13(18)19-4/h5-7,11,16-17H,8-9H2,1-4H3. The monoisotopic (exact) mass is 282 g/mol. The number of rotatable bonds is 6. The number of esters is 1. The molecule has 0 fully saturated rings. The highest BCUT2D eigenvalue weighted by molar-refractivity contribution is 5.88.